The number of halogens is 1. The van der Waals surface area contributed by atoms with Gasteiger partial charge >= 0.3 is 0 Å². The summed E-state index contributed by atoms with van der Waals surface area (Å²) in [5, 5.41) is 2.96. The zero-order valence-corrected chi connectivity index (χ0v) is 18.7. The maximum absolute atomic E-state index is 12.8. The monoisotopic (exact) mass is 461 g/mol. The second kappa shape index (κ2) is 8.51. The molecule has 2 aromatic rings. The van der Waals surface area contributed by atoms with Crippen molar-refractivity contribution in [2.45, 2.75) is 26.2 Å². The van der Waals surface area contributed by atoms with Crippen molar-refractivity contribution in [3.63, 3.8) is 0 Å². The molecule has 164 valence electrons. The third-order valence-corrected chi connectivity index (χ3v) is 7.83. The Labute approximate surface area is 187 Å². The molecule has 2 aliphatic heterocycles. The van der Waals surface area contributed by atoms with Crippen LogP contribution in [0.2, 0.25) is 5.02 Å². The van der Waals surface area contributed by atoms with Gasteiger partial charge in [0.1, 0.15) is 0 Å². The molecule has 2 aromatic carbocycles. The van der Waals surface area contributed by atoms with E-state index in [1.54, 1.807) is 6.92 Å². The molecule has 0 aliphatic carbocycles. The zero-order valence-electron chi connectivity index (χ0n) is 17.2. The smallest absolute Gasteiger partial charge is 0.257 e. The van der Waals surface area contributed by atoms with Gasteiger partial charge < -0.3 is 10.2 Å². The number of benzene rings is 2. The van der Waals surface area contributed by atoms with Gasteiger partial charge in [-0.1, -0.05) is 18.5 Å². The Bertz CT molecular complexity index is 1110. The van der Waals surface area contributed by atoms with Crippen LogP contribution < -0.4 is 14.5 Å². The van der Waals surface area contributed by atoms with Gasteiger partial charge in [0.15, 0.2) is 0 Å². The minimum Gasteiger partial charge on any atom is -0.372 e. The van der Waals surface area contributed by atoms with E-state index in [0.29, 0.717) is 5.69 Å². The van der Waals surface area contributed by atoms with Crippen molar-refractivity contribution >= 4 is 50.5 Å². The van der Waals surface area contributed by atoms with Gasteiger partial charge in [0.25, 0.3) is 5.91 Å². The molecule has 2 heterocycles. The Morgan fingerprint density at radius 2 is 1.68 bits per heavy atom. The summed E-state index contributed by atoms with van der Waals surface area (Å²) in [5.41, 5.74) is 1.93. The van der Waals surface area contributed by atoms with Crippen LogP contribution in [0.25, 0.3) is 0 Å². The molecule has 2 saturated heterocycles. The Morgan fingerprint density at radius 1 is 1.03 bits per heavy atom. The number of anilines is 3. The number of piperidine rings is 1. The van der Waals surface area contributed by atoms with E-state index in [4.69, 9.17) is 11.6 Å². The van der Waals surface area contributed by atoms with Crippen LogP contribution in [0, 0.1) is 5.92 Å². The molecule has 4 rings (SSSR count). The van der Waals surface area contributed by atoms with Gasteiger partial charge in [-0.25, -0.2) is 12.7 Å². The van der Waals surface area contributed by atoms with Crippen LogP contribution in [-0.4, -0.2) is 39.1 Å². The van der Waals surface area contributed by atoms with Crippen molar-refractivity contribution in [3.05, 3.63) is 53.1 Å². The maximum atomic E-state index is 12.8. The number of rotatable bonds is 4. The average Bonchev–Trinajstić information content (AvgIpc) is 2.96. The molecule has 7 nitrogen and oxygen atoms in total. The second-order valence-electron chi connectivity index (χ2n) is 8.00. The van der Waals surface area contributed by atoms with Gasteiger partial charge in [-0.2, -0.15) is 0 Å². The lowest BCUT2D eigenvalue weighted by Gasteiger charge is -2.28. The molecule has 2 aliphatic rings. The fourth-order valence-electron chi connectivity index (χ4n) is 4.01. The average molecular weight is 462 g/mol. The molecule has 2 fully saturated rings. The van der Waals surface area contributed by atoms with Crippen molar-refractivity contribution in [3.8, 4) is 0 Å². The maximum Gasteiger partial charge on any atom is 0.257 e. The Hall–Kier alpha value is -2.58. The molecule has 0 saturated carbocycles. The van der Waals surface area contributed by atoms with Crippen LogP contribution >= 0.6 is 11.6 Å². The summed E-state index contributed by atoms with van der Waals surface area (Å²) in [7, 11) is -3.76. The summed E-state index contributed by atoms with van der Waals surface area (Å²) in [5.74, 6) is -1.87. The van der Waals surface area contributed by atoms with Crippen molar-refractivity contribution in [1.82, 2.24) is 0 Å². The number of amides is 2. The van der Waals surface area contributed by atoms with E-state index in [0.717, 1.165) is 23.1 Å². The largest absolute Gasteiger partial charge is 0.372 e. The summed E-state index contributed by atoms with van der Waals surface area (Å²) >= 11 is 6.21. The van der Waals surface area contributed by atoms with Crippen LogP contribution in [0.15, 0.2) is 42.5 Å². The van der Waals surface area contributed by atoms with E-state index >= 15 is 0 Å². The number of hydrogen-bond donors (Lipinski definition) is 1. The molecule has 9 heteroatoms. The predicted octanol–water partition coefficient (Wildman–Crippen LogP) is 3.90. The van der Waals surface area contributed by atoms with Crippen LogP contribution in [0.1, 0.15) is 36.5 Å². The Morgan fingerprint density at radius 3 is 2.29 bits per heavy atom. The first kappa shape index (κ1) is 21.6. The first-order chi connectivity index (χ1) is 14.8. The first-order valence-electron chi connectivity index (χ1n) is 10.3. The summed E-state index contributed by atoms with van der Waals surface area (Å²) < 4.78 is 25.5. The van der Waals surface area contributed by atoms with Crippen LogP contribution in [0.5, 0.6) is 0 Å². The summed E-state index contributed by atoms with van der Waals surface area (Å²) in [6.07, 6.45) is 3.62. The lowest BCUT2D eigenvalue weighted by Crippen LogP contribution is -2.30. The third-order valence-electron chi connectivity index (χ3n) is 5.64. The summed E-state index contributed by atoms with van der Waals surface area (Å²) in [6, 6.07) is 11.8. The van der Waals surface area contributed by atoms with Crippen LogP contribution in [0.3, 0.4) is 0 Å². The third kappa shape index (κ3) is 4.41. The molecule has 0 spiro atoms. The van der Waals surface area contributed by atoms with E-state index in [1.807, 2.05) is 24.3 Å². The number of hydrogen-bond acceptors (Lipinski definition) is 5. The SMILES string of the molecule is CC1CS(=O)(=O)N(c2ccc(Cl)c(C(=O)Nc3ccc(N4CCCCC4)cc3)c2)C1=O. The van der Waals surface area contributed by atoms with Crippen molar-refractivity contribution in [2.24, 2.45) is 5.92 Å². The summed E-state index contributed by atoms with van der Waals surface area (Å²) in [4.78, 5) is 27.5. The van der Waals surface area contributed by atoms with E-state index in [9.17, 15) is 18.0 Å². The van der Waals surface area contributed by atoms with E-state index in [-0.39, 0.29) is 22.0 Å². The molecule has 31 heavy (non-hydrogen) atoms. The van der Waals surface area contributed by atoms with Crippen molar-refractivity contribution in [1.29, 1.82) is 0 Å². The zero-order chi connectivity index (χ0) is 22.2. The Balaban J connectivity index is 1.54. The molecule has 0 bridgehead atoms. The normalized spacial score (nSPS) is 20.7. The first-order valence-corrected chi connectivity index (χ1v) is 12.3. The highest BCUT2D eigenvalue weighted by molar-refractivity contribution is 7.94. The molecule has 2 amide bonds. The molecular formula is C22H24ClN3O4S. The molecule has 1 atom stereocenters. The van der Waals surface area contributed by atoms with Gasteiger partial charge in [0, 0.05) is 24.5 Å². The number of carbonyl (C=O) groups excluding carboxylic acids is 2. The molecule has 0 aromatic heterocycles. The van der Waals surface area contributed by atoms with E-state index in [1.165, 1.54) is 37.5 Å². The van der Waals surface area contributed by atoms with Gasteiger partial charge in [-0.05, 0) is 61.7 Å². The lowest BCUT2D eigenvalue weighted by atomic mass is 10.1. The molecule has 0 radical (unpaired) electrons. The fourth-order valence-corrected chi connectivity index (χ4v) is 6.02. The molecule has 1 N–H and O–H groups in total. The number of sulfonamides is 1. The highest BCUT2D eigenvalue weighted by Gasteiger charge is 2.42. The summed E-state index contributed by atoms with van der Waals surface area (Å²) in [6.45, 7) is 3.63. The van der Waals surface area contributed by atoms with Gasteiger partial charge in [0.05, 0.1) is 27.9 Å². The standard InChI is InChI=1S/C22H24ClN3O4S/c1-15-14-31(29,30)26(22(15)28)18-9-10-20(23)19(13-18)21(27)24-16-5-7-17(8-6-16)25-11-3-2-4-12-25/h5-10,13,15H,2-4,11-12,14H2,1H3,(H,24,27). The molecule has 1 unspecified atom stereocenters. The second-order valence-corrected chi connectivity index (χ2v) is 10.3. The van der Waals surface area contributed by atoms with Crippen LogP contribution in [0.4, 0.5) is 17.1 Å². The van der Waals surface area contributed by atoms with Gasteiger partial charge in [-0.15, -0.1) is 0 Å². The van der Waals surface area contributed by atoms with Gasteiger partial charge in [-0.3, -0.25) is 9.59 Å². The lowest BCUT2D eigenvalue weighted by molar-refractivity contribution is -0.119. The Kier molecular flexibility index (Phi) is 5.94. The number of nitrogens with zero attached hydrogens (tertiary/aromatic N) is 2. The minimum atomic E-state index is -3.76. The van der Waals surface area contributed by atoms with Crippen molar-refractivity contribution in [2.75, 3.05) is 33.4 Å². The number of nitrogens with one attached hydrogen (secondary N) is 1. The highest BCUT2D eigenvalue weighted by Crippen LogP contribution is 2.31. The quantitative estimate of drug-likeness (QED) is 0.746. The highest BCUT2D eigenvalue weighted by atomic mass is 35.5. The van der Waals surface area contributed by atoms with Gasteiger partial charge in [0.2, 0.25) is 15.9 Å². The fraction of sp³-hybridized carbons (Fsp3) is 0.364. The van der Waals surface area contributed by atoms with E-state index in [2.05, 4.69) is 10.2 Å². The van der Waals surface area contributed by atoms with Crippen LogP contribution in [-0.2, 0) is 14.8 Å². The minimum absolute atomic E-state index is 0.0989. The predicted molar refractivity (Wildman–Crippen MR) is 122 cm³/mol. The number of carbonyl (C=O) groups is 2. The topological polar surface area (TPSA) is 86.8 Å². The molecular weight excluding hydrogens is 438 g/mol. The van der Waals surface area contributed by atoms with E-state index < -0.39 is 27.8 Å². The van der Waals surface area contributed by atoms with Crippen molar-refractivity contribution < 1.29 is 18.0 Å².